The molecule has 3 rings (SSSR count). The van der Waals surface area contributed by atoms with Crippen molar-refractivity contribution in [2.24, 2.45) is 0 Å². The second-order valence-electron chi connectivity index (χ2n) is 7.48. The van der Waals surface area contributed by atoms with E-state index in [4.69, 9.17) is 27.9 Å². The molecule has 1 heterocycles. The normalized spacial score (nSPS) is 15.1. The highest BCUT2D eigenvalue weighted by Crippen LogP contribution is 2.33. The molecule has 2 aromatic carbocycles. The van der Waals surface area contributed by atoms with Crippen molar-refractivity contribution in [1.82, 2.24) is 9.80 Å². The number of amides is 1. The average molecular weight is 486 g/mol. The zero-order valence-corrected chi connectivity index (χ0v) is 20.0. The number of nitrogens with zero attached hydrogens (tertiary/aromatic N) is 3. The molecule has 7 nitrogen and oxygen atoms in total. The molecule has 2 aromatic rings. The maximum Gasteiger partial charge on any atom is 0.268 e. The van der Waals surface area contributed by atoms with Crippen LogP contribution in [0, 0.1) is 6.92 Å². The van der Waals surface area contributed by atoms with Crippen LogP contribution in [0.25, 0.3) is 0 Å². The summed E-state index contributed by atoms with van der Waals surface area (Å²) in [4.78, 5) is 16.8. The van der Waals surface area contributed by atoms with Crippen LogP contribution in [0.1, 0.15) is 5.56 Å². The fourth-order valence-electron chi connectivity index (χ4n) is 3.38. The molecule has 0 radical (unpaired) electrons. The summed E-state index contributed by atoms with van der Waals surface area (Å²) < 4.78 is 33.8. The molecular weight excluding hydrogens is 461 g/mol. The molecule has 0 aliphatic carbocycles. The third kappa shape index (κ3) is 5.44. The van der Waals surface area contributed by atoms with Gasteiger partial charge in [-0.3, -0.25) is 9.10 Å². The highest BCUT2D eigenvalue weighted by Gasteiger charge is 2.32. The highest BCUT2D eigenvalue weighted by atomic mass is 35.5. The lowest BCUT2D eigenvalue weighted by Crippen LogP contribution is -2.50. The molecule has 0 aromatic heterocycles. The van der Waals surface area contributed by atoms with Crippen molar-refractivity contribution >= 4 is 44.8 Å². The van der Waals surface area contributed by atoms with E-state index in [0.717, 1.165) is 23.0 Å². The fourth-order valence-corrected chi connectivity index (χ4v) is 5.54. The van der Waals surface area contributed by atoms with E-state index in [1.54, 1.807) is 24.0 Å². The number of benzene rings is 2. The van der Waals surface area contributed by atoms with Crippen LogP contribution in [0.5, 0.6) is 5.75 Å². The van der Waals surface area contributed by atoms with E-state index in [9.17, 15) is 13.2 Å². The number of hydrogen-bond acceptors (Lipinski definition) is 5. The number of piperazine rings is 1. The van der Waals surface area contributed by atoms with Gasteiger partial charge in [0.15, 0.2) is 0 Å². The third-order valence-electron chi connectivity index (χ3n) is 5.16. The van der Waals surface area contributed by atoms with Gasteiger partial charge in [-0.25, -0.2) is 8.42 Å². The van der Waals surface area contributed by atoms with Gasteiger partial charge in [0.2, 0.25) is 5.91 Å². The van der Waals surface area contributed by atoms with E-state index in [1.807, 2.05) is 7.05 Å². The lowest BCUT2D eigenvalue weighted by Gasteiger charge is -2.34. The van der Waals surface area contributed by atoms with Crippen LogP contribution in [0.2, 0.25) is 10.0 Å². The van der Waals surface area contributed by atoms with Gasteiger partial charge >= 0.3 is 0 Å². The van der Waals surface area contributed by atoms with Crippen molar-refractivity contribution in [2.75, 3.05) is 51.2 Å². The number of rotatable bonds is 6. The summed E-state index contributed by atoms with van der Waals surface area (Å²) in [5, 5.41) is 0.539. The number of sulfonamides is 1. The number of aryl methyl sites for hydroxylation is 1. The molecule has 1 saturated heterocycles. The van der Waals surface area contributed by atoms with E-state index < -0.39 is 10.0 Å². The largest absolute Gasteiger partial charge is 0.495 e. The van der Waals surface area contributed by atoms with Gasteiger partial charge in [0.1, 0.15) is 17.2 Å². The van der Waals surface area contributed by atoms with Crippen LogP contribution in [-0.4, -0.2) is 71.0 Å². The first kappa shape index (κ1) is 23.7. The maximum atomic E-state index is 13.7. The Morgan fingerprint density at radius 1 is 1.06 bits per heavy atom. The first-order chi connectivity index (χ1) is 14.6. The molecule has 168 valence electrons. The molecule has 0 N–H and O–H groups in total. The number of likely N-dealkylation sites (N-methyl/N-ethyl adjacent to an activating group) is 1. The molecule has 31 heavy (non-hydrogen) atoms. The summed E-state index contributed by atoms with van der Waals surface area (Å²) in [6.07, 6.45) is 0. The predicted octanol–water partition coefficient (Wildman–Crippen LogP) is 3.28. The number of carbonyl (C=O) groups is 1. The molecule has 1 amide bonds. The van der Waals surface area contributed by atoms with Crippen LogP contribution in [-0.2, 0) is 14.8 Å². The number of ether oxygens (including phenoxy) is 1. The fraction of sp³-hybridized carbons (Fsp3) is 0.381. The van der Waals surface area contributed by atoms with Crippen molar-refractivity contribution in [3.05, 3.63) is 52.0 Å². The van der Waals surface area contributed by atoms with Crippen LogP contribution >= 0.6 is 23.2 Å². The lowest BCUT2D eigenvalue weighted by molar-refractivity contribution is -0.131. The molecule has 1 aliphatic heterocycles. The second-order valence-corrected chi connectivity index (χ2v) is 10.2. The molecule has 10 heteroatoms. The number of anilines is 1. The molecule has 0 unspecified atom stereocenters. The smallest absolute Gasteiger partial charge is 0.268 e. The quantitative estimate of drug-likeness (QED) is 0.627. The monoisotopic (exact) mass is 485 g/mol. The second kappa shape index (κ2) is 9.65. The minimum absolute atomic E-state index is 0.0303. The van der Waals surface area contributed by atoms with Crippen LogP contribution < -0.4 is 9.04 Å². The minimum Gasteiger partial charge on any atom is -0.495 e. The maximum absolute atomic E-state index is 13.7. The van der Waals surface area contributed by atoms with Gasteiger partial charge in [-0.2, -0.15) is 0 Å². The van der Waals surface area contributed by atoms with Gasteiger partial charge in [-0.15, -0.1) is 0 Å². The first-order valence-corrected chi connectivity index (χ1v) is 11.9. The molecule has 0 spiro atoms. The van der Waals surface area contributed by atoms with Crippen molar-refractivity contribution < 1.29 is 17.9 Å². The minimum atomic E-state index is -4.16. The van der Waals surface area contributed by atoms with Crippen LogP contribution in [0.3, 0.4) is 0 Å². The van der Waals surface area contributed by atoms with Crippen LogP contribution in [0.4, 0.5) is 5.69 Å². The summed E-state index contributed by atoms with van der Waals surface area (Å²) in [6.45, 7) is 3.94. The first-order valence-electron chi connectivity index (χ1n) is 9.71. The Balaban J connectivity index is 2.05. The van der Waals surface area contributed by atoms with E-state index in [-0.39, 0.29) is 38.8 Å². The number of halogens is 2. The number of carbonyl (C=O) groups excluding carboxylic acids is 1. The van der Waals surface area contributed by atoms with Gasteiger partial charge in [0.25, 0.3) is 10.0 Å². The topological polar surface area (TPSA) is 70.2 Å². The molecule has 1 aliphatic rings. The molecule has 1 fully saturated rings. The lowest BCUT2D eigenvalue weighted by atomic mass is 10.2. The summed E-state index contributed by atoms with van der Waals surface area (Å²) in [5.74, 6) is -0.102. The Morgan fingerprint density at radius 3 is 2.26 bits per heavy atom. The standard InChI is InChI=1S/C21H25Cl2N3O4S/c1-15-4-5-19(30-3)20(10-15)31(28,29)26(18-12-16(22)11-17(23)13-18)14-21(27)25-8-6-24(2)7-9-25/h4-5,10-13H,6-9,14H2,1-3H3. The predicted molar refractivity (Wildman–Crippen MR) is 123 cm³/mol. The van der Waals surface area contributed by atoms with E-state index in [1.165, 1.54) is 31.4 Å². The van der Waals surface area contributed by atoms with Crippen molar-refractivity contribution in [1.29, 1.82) is 0 Å². The number of hydrogen-bond donors (Lipinski definition) is 0. The summed E-state index contributed by atoms with van der Waals surface area (Å²) in [7, 11) is -0.779. The zero-order chi connectivity index (χ0) is 22.8. The molecular formula is C21H25Cl2N3O4S. The summed E-state index contributed by atoms with van der Waals surface area (Å²) in [6, 6.07) is 9.33. The Kier molecular flexibility index (Phi) is 7.36. The summed E-state index contributed by atoms with van der Waals surface area (Å²) >= 11 is 12.3. The molecule has 0 atom stereocenters. The zero-order valence-electron chi connectivity index (χ0n) is 17.6. The summed E-state index contributed by atoms with van der Waals surface area (Å²) in [5.41, 5.74) is 0.956. The third-order valence-corrected chi connectivity index (χ3v) is 7.39. The number of methoxy groups -OCH3 is 1. The van der Waals surface area contributed by atoms with Gasteiger partial charge in [-0.1, -0.05) is 29.3 Å². The van der Waals surface area contributed by atoms with Gasteiger partial charge in [0.05, 0.1) is 12.8 Å². The van der Waals surface area contributed by atoms with Crippen molar-refractivity contribution in [3.8, 4) is 5.75 Å². The highest BCUT2D eigenvalue weighted by molar-refractivity contribution is 7.93. The van der Waals surface area contributed by atoms with E-state index >= 15 is 0 Å². The van der Waals surface area contributed by atoms with Gasteiger partial charge in [-0.05, 0) is 49.9 Å². The van der Waals surface area contributed by atoms with Gasteiger partial charge < -0.3 is 14.5 Å². The van der Waals surface area contributed by atoms with Crippen molar-refractivity contribution in [2.45, 2.75) is 11.8 Å². The Hall–Kier alpha value is -2.00. The molecule has 0 bridgehead atoms. The molecule has 0 saturated carbocycles. The Bertz CT molecular complexity index is 1050. The SMILES string of the molecule is COc1ccc(C)cc1S(=O)(=O)N(CC(=O)N1CCN(C)CC1)c1cc(Cl)cc(Cl)c1. The van der Waals surface area contributed by atoms with Crippen LogP contribution in [0.15, 0.2) is 41.3 Å². The van der Waals surface area contributed by atoms with E-state index in [2.05, 4.69) is 4.90 Å². The van der Waals surface area contributed by atoms with Gasteiger partial charge in [0, 0.05) is 36.2 Å². The Morgan fingerprint density at radius 2 is 1.68 bits per heavy atom. The average Bonchev–Trinajstić information content (AvgIpc) is 2.71. The Labute approximate surface area is 193 Å². The van der Waals surface area contributed by atoms with Crippen molar-refractivity contribution in [3.63, 3.8) is 0 Å². The van der Waals surface area contributed by atoms with E-state index in [0.29, 0.717) is 13.1 Å².